The van der Waals surface area contributed by atoms with Gasteiger partial charge in [0, 0.05) is 32.7 Å². The van der Waals surface area contributed by atoms with E-state index in [4.69, 9.17) is 4.42 Å². The summed E-state index contributed by atoms with van der Waals surface area (Å²) in [6.07, 6.45) is 1.58. The first-order valence-corrected chi connectivity index (χ1v) is 7.20. The van der Waals surface area contributed by atoms with Gasteiger partial charge in [-0.05, 0) is 12.5 Å². The van der Waals surface area contributed by atoms with Crippen molar-refractivity contribution in [1.29, 1.82) is 0 Å². The first-order chi connectivity index (χ1) is 10.2. The van der Waals surface area contributed by atoms with Crippen LogP contribution in [0.1, 0.15) is 22.0 Å². The van der Waals surface area contributed by atoms with E-state index in [1.54, 1.807) is 13.1 Å². The van der Waals surface area contributed by atoms with Crippen LogP contribution in [0.5, 0.6) is 0 Å². The number of rotatable bonds is 3. The number of hydrogen-bond donors (Lipinski definition) is 0. The summed E-state index contributed by atoms with van der Waals surface area (Å²) in [4.78, 5) is 20.4. The highest BCUT2D eigenvalue weighted by atomic mass is 16.4. The third kappa shape index (κ3) is 3.31. The highest BCUT2D eigenvalue weighted by Gasteiger charge is 2.24. The molecule has 1 fully saturated rings. The maximum atomic E-state index is 12.2. The highest BCUT2D eigenvalue weighted by molar-refractivity contribution is 5.89. The lowest BCUT2D eigenvalue weighted by Crippen LogP contribution is -2.48. The Kier molecular flexibility index (Phi) is 4.01. The number of carbonyl (C=O) groups is 1. The van der Waals surface area contributed by atoms with Crippen molar-refractivity contribution in [2.24, 2.45) is 0 Å². The molecule has 0 radical (unpaired) electrons. The second-order valence-electron chi connectivity index (χ2n) is 5.33. The van der Waals surface area contributed by atoms with Crippen molar-refractivity contribution in [2.75, 3.05) is 26.2 Å². The van der Waals surface area contributed by atoms with E-state index >= 15 is 0 Å². The van der Waals surface area contributed by atoms with Crippen LogP contribution in [-0.2, 0) is 6.54 Å². The van der Waals surface area contributed by atoms with Crippen LogP contribution in [0, 0.1) is 6.92 Å². The minimum absolute atomic E-state index is 0.109. The maximum Gasteiger partial charge on any atom is 0.309 e. The standard InChI is InChI=1S/C16H19N3O2/c1-13-11-17-15(21-13)16(20)19-9-7-18(8-10-19)12-14-5-3-2-4-6-14/h2-6,11H,7-10,12H2,1H3. The minimum Gasteiger partial charge on any atom is -0.438 e. The van der Waals surface area contributed by atoms with Gasteiger partial charge in [-0.2, -0.15) is 0 Å². The maximum absolute atomic E-state index is 12.2. The summed E-state index contributed by atoms with van der Waals surface area (Å²) < 4.78 is 5.31. The van der Waals surface area contributed by atoms with E-state index in [2.05, 4.69) is 34.1 Å². The number of benzene rings is 1. The van der Waals surface area contributed by atoms with E-state index in [1.807, 2.05) is 11.0 Å². The molecule has 1 aliphatic heterocycles. The molecule has 0 atom stereocenters. The molecule has 1 aromatic carbocycles. The SMILES string of the molecule is Cc1cnc(C(=O)N2CCN(Cc3ccccc3)CC2)o1. The second kappa shape index (κ2) is 6.10. The molecule has 0 aliphatic carbocycles. The number of nitrogens with zero attached hydrogens (tertiary/aromatic N) is 3. The monoisotopic (exact) mass is 285 g/mol. The molecular weight excluding hydrogens is 266 g/mol. The Labute approximate surface area is 124 Å². The molecule has 5 nitrogen and oxygen atoms in total. The number of aromatic nitrogens is 1. The van der Waals surface area contributed by atoms with Crippen LogP contribution < -0.4 is 0 Å². The van der Waals surface area contributed by atoms with E-state index in [0.29, 0.717) is 18.8 Å². The van der Waals surface area contributed by atoms with Crippen molar-refractivity contribution in [3.05, 3.63) is 53.7 Å². The Balaban J connectivity index is 1.54. The molecule has 2 heterocycles. The van der Waals surface area contributed by atoms with Crippen LogP contribution in [0.25, 0.3) is 0 Å². The number of carbonyl (C=O) groups excluding carboxylic acids is 1. The van der Waals surface area contributed by atoms with Crippen LogP contribution >= 0.6 is 0 Å². The van der Waals surface area contributed by atoms with E-state index in [1.165, 1.54) is 5.56 Å². The van der Waals surface area contributed by atoms with E-state index in [0.717, 1.165) is 19.6 Å². The lowest BCUT2D eigenvalue weighted by molar-refractivity contribution is 0.0588. The summed E-state index contributed by atoms with van der Waals surface area (Å²) >= 11 is 0. The van der Waals surface area contributed by atoms with Gasteiger partial charge >= 0.3 is 5.91 Å². The summed E-state index contributed by atoms with van der Waals surface area (Å²) in [6, 6.07) is 10.4. The zero-order valence-corrected chi connectivity index (χ0v) is 12.2. The Morgan fingerprint density at radius 1 is 1.19 bits per heavy atom. The van der Waals surface area contributed by atoms with E-state index < -0.39 is 0 Å². The fourth-order valence-electron chi connectivity index (χ4n) is 2.54. The molecule has 0 saturated carbocycles. The molecule has 1 amide bonds. The lowest BCUT2D eigenvalue weighted by atomic mass is 10.2. The van der Waals surface area contributed by atoms with E-state index in [9.17, 15) is 4.79 Å². The van der Waals surface area contributed by atoms with Crippen LogP contribution in [-0.4, -0.2) is 46.9 Å². The first kappa shape index (κ1) is 13.8. The number of piperazine rings is 1. The van der Waals surface area contributed by atoms with Crippen LogP contribution in [0.3, 0.4) is 0 Å². The summed E-state index contributed by atoms with van der Waals surface area (Å²) in [5.41, 5.74) is 1.31. The van der Waals surface area contributed by atoms with Gasteiger partial charge in [-0.25, -0.2) is 4.98 Å². The van der Waals surface area contributed by atoms with Gasteiger partial charge in [-0.15, -0.1) is 0 Å². The average Bonchev–Trinajstić information content (AvgIpc) is 2.95. The molecule has 3 rings (SSSR count). The second-order valence-corrected chi connectivity index (χ2v) is 5.33. The van der Waals surface area contributed by atoms with E-state index in [-0.39, 0.29) is 11.8 Å². The van der Waals surface area contributed by atoms with Crippen molar-refractivity contribution >= 4 is 5.91 Å². The number of oxazole rings is 1. The predicted octanol–water partition coefficient (Wildman–Crippen LogP) is 1.94. The Morgan fingerprint density at radius 3 is 2.52 bits per heavy atom. The topological polar surface area (TPSA) is 49.6 Å². The zero-order valence-electron chi connectivity index (χ0n) is 12.2. The number of aryl methyl sites for hydroxylation is 1. The van der Waals surface area contributed by atoms with Gasteiger partial charge in [0.05, 0.1) is 6.20 Å². The average molecular weight is 285 g/mol. The van der Waals surface area contributed by atoms with Crippen LogP contribution in [0.2, 0.25) is 0 Å². The van der Waals surface area contributed by atoms with Gasteiger partial charge < -0.3 is 9.32 Å². The number of hydrogen-bond acceptors (Lipinski definition) is 4. The minimum atomic E-state index is -0.109. The molecule has 0 spiro atoms. The van der Waals surface area contributed by atoms with Crippen LogP contribution in [0.4, 0.5) is 0 Å². The summed E-state index contributed by atoms with van der Waals surface area (Å²) in [5.74, 6) is 0.757. The van der Waals surface area contributed by atoms with Gasteiger partial charge in [0.2, 0.25) is 0 Å². The van der Waals surface area contributed by atoms with Crippen molar-refractivity contribution in [3.8, 4) is 0 Å². The summed E-state index contributed by atoms with van der Waals surface area (Å²) in [6.45, 7) is 5.91. The third-order valence-corrected chi connectivity index (χ3v) is 3.71. The molecule has 0 unspecified atom stereocenters. The van der Waals surface area contributed by atoms with Crippen molar-refractivity contribution < 1.29 is 9.21 Å². The quantitative estimate of drug-likeness (QED) is 0.865. The van der Waals surface area contributed by atoms with Gasteiger partial charge in [0.25, 0.3) is 5.89 Å². The molecule has 110 valence electrons. The Bertz CT molecular complexity index is 601. The predicted molar refractivity (Wildman–Crippen MR) is 78.9 cm³/mol. The fourth-order valence-corrected chi connectivity index (χ4v) is 2.54. The smallest absolute Gasteiger partial charge is 0.309 e. The molecule has 1 aromatic heterocycles. The van der Waals surface area contributed by atoms with Gasteiger partial charge in [-0.3, -0.25) is 9.69 Å². The van der Waals surface area contributed by atoms with Gasteiger partial charge in [0.1, 0.15) is 5.76 Å². The van der Waals surface area contributed by atoms with Gasteiger partial charge in [-0.1, -0.05) is 30.3 Å². The van der Waals surface area contributed by atoms with Crippen molar-refractivity contribution in [1.82, 2.24) is 14.8 Å². The number of amides is 1. The van der Waals surface area contributed by atoms with Crippen molar-refractivity contribution in [2.45, 2.75) is 13.5 Å². The molecule has 2 aromatic rings. The first-order valence-electron chi connectivity index (χ1n) is 7.20. The summed E-state index contributed by atoms with van der Waals surface area (Å²) in [7, 11) is 0. The highest BCUT2D eigenvalue weighted by Crippen LogP contribution is 2.11. The molecular formula is C16H19N3O2. The van der Waals surface area contributed by atoms with Crippen molar-refractivity contribution in [3.63, 3.8) is 0 Å². The normalized spacial score (nSPS) is 16.1. The molecule has 1 aliphatic rings. The molecule has 0 N–H and O–H groups in total. The largest absolute Gasteiger partial charge is 0.438 e. The molecule has 21 heavy (non-hydrogen) atoms. The molecule has 0 bridgehead atoms. The van der Waals surface area contributed by atoms with Crippen LogP contribution in [0.15, 0.2) is 40.9 Å². The lowest BCUT2D eigenvalue weighted by Gasteiger charge is -2.34. The Morgan fingerprint density at radius 2 is 1.90 bits per heavy atom. The molecule has 5 heteroatoms. The zero-order chi connectivity index (χ0) is 14.7. The fraction of sp³-hybridized carbons (Fsp3) is 0.375. The third-order valence-electron chi connectivity index (χ3n) is 3.71. The van der Waals surface area contributed by atoms with Gasteiger partial charge in [0.15, 0.2) is 0 Å². The summed E-state index contributed by atoms with van der Waals surface area (Å²) in [5, 5.41) is 0. The molecule has 1 saturated heterocycles. The Hall–Kier alpha value is -2.14.